The minimum atomic E-state index is -0.0337. The summed E-state index contributed by atoms with van der Waals surface area (Å²) in [5.41, 5.74) is 3.00. The smallest absolute Gasteiger partial charge is 0.0923 e. The van der Waals surface area contributed by atoms with E-state index in [9.17, 15) is 0 Å². The summed E-state index contributed by atoms with van der Waals surface area (Å²) in [6.07, 6.45) is 3.55. The molecular formula is C16H12Cl2N2. The Kier molecular flexibility index (Phi) is 3.77. The summed E-state index contributed by atoms with van der Waals surface area (Å²) in [7, 11) is 0. The van der Waals surface area contributed by atoms with Crippen LogP contribution in [0.4, 0.5) is 0 Å². The van der Waals surface area contributed by atoms with Gasteiger partial charge in [-0.25, -0.2) is 4.98 Å². The van der Waals surface area contributed by atoms with Crippen LogP contribution in [0, 0.1) is 0 Å². The summed E-state index contributed by atoms with van der Waals surface area (Å²) in [5.74, 6) is -0.0337. The van der Waals surface area contributed by atoms with Gasteiger partial charge in [-0.1, -0.05) is 65.7 Å². The third kappa shape index (κ3) is 2.45. The molecular weight excluding hydrogens is 291 g/mol. The van der Waals surface area contributed by atoms with E-state index < -0.39 is 0 Å². The van der Waals surface area contributed by atoms with E-state index in [1.165, 1.54) is 0 Å². The van der Waals surface area contributed by atoms with Crippen molar-refractivity contribution in [1.29, 1.82) is 0 Å². The van der Waals surface area contributed by atoms with E-state index in [1.807, 2.05) is 36.5 Å². The molecule has 100 valence electrons. The highest BCUT2D eigenvalue weighted by atomic mass is 35.5. The van der Waals surface area contributed by atoms with Crippen molar-refractivity contribution in [2.75, 3.05) is 0 Å². The van der Waals surface area contributed by atoms with Crippen LogP contribution >= 0.6 is 23.2 Å². The lowest BCUT2D eigenvalue weighted by molar-refractivity contribution is 0.933. The molecule has 0 saturated heterocycles. The molecule has 20 heavy (non-hydrogen) atoms. The topological polar surface area (TPSA) is 28.7 Å². The van der Waals surface area contributed by atoms with Crippen molar-refractivity contribution in [3.63, 3.8) is 0 Å². The Morgan fingerprint density at radius 3 is 2.45 bits per heavy atom. The van der Waals surface area contributed by atoms with Crippen molar-refractivity contribution in [3.8, 4) is 0 Å². The quantitative estimate of drug-likeness (QED) is 0.732. The predicted octanol–water partition coefficient (Wildman–Crippen LogP) is 4.90. The van der Waals surface area contributed by atoms with E-state index in [0.29, 0.717) is 10.0 Å². The van der Waals surface area contributed by atoms with Crippen molar-refractivity contribution in [1.82, 2.24) is 9.97 Å². The average molecular weight is 303 g/mol. The number of benzene rings is 2. The normalized spacial score (nSPS) is 12.3. The van der Waals surface area contributed by atoms with Crippen LogP contribution in [0.15, 0.2) is 61.1 Å². The Bertz CT molecular complexity index is 694. The molecule has 1 aromatic heterocycles. The van der Waals surface area contributed by atoms with Crippen LogP contribution < -0.4 is 0 Å². The highest BCUT2D eigenvalue weighted by molar-refractivity contribution is 6.42. The maximum absolute atomic E-state index is 6.38. The third-order valence-corrected chi connectivity index (χ3v) is 4.07. The third-order valence-electron chi connectivity index (χ3n) is 3.24. The first-order chi connectivity index (χ1) is 9.77. The van der Waals surface area contributed by atoms with Gasteiger partial charge in [0, 0.05) is 6.20 Å². The number of rotatable bonds is 3. The second-order valence-electron chi connectivity index (χ2n) is 4.48. The summed E-state index contributed by atoms with van der Waals surface area (Å²) in [4.78, 5) is 7.38. The molecule has 3 rings (SSSR count). The summed E-state index contributed by atoms with van der Waals surface area (Å²) in [5, 5.41) is 1.13. The van der Waals surface area contributed by atoms with Gasteiger partial charge in [0.05, 0.1) is 28.0 Å². The van der Waals surface area contributed by atoms with Crippen molar-refractivity contribution < 1.29 is 0 Å². The van der Waals surface area contributed by atoms with Crippen LogP contribution in [0.1, 0.15) is 22.7 Å². The molecule has 0 spiro atoms. The van der Waals surface area contributed by atoms with E-state index in [-0.39, 0.29) is 5.92 Å². The van der Waals surface area contributed by atoms with Crippen molar-refractivity contribution in [2.45, 2.75) is 5.92 Å². The second kappa shape index (κ2) is 5.70. The van der Waals surface area contributed by atoms with Gasteiger partial charge in [0.2, 0.25) is 0 Å². The molecule has 0 radical (unpaired) electrons. The van der Waals surface area contributed by atoms with Gasteiger partial charge in [-0.2, -0.15) is 0 Å². The molecule has 0 aliphatic heterocycles. The summed E-state index contributed by atoms with van der Waals surface area (Å²) in [6.45, 7) is 0. The SMILES string of the molecule is Clc1cccc(C(c2ccccc2)c2c[nH]cn2)c1Cl. The van der Waals surface area contributed by atoms with E-state index in [4.69, 9.17) is 23.2 Å². The lowest BCUT2D eigenvalue weighted by atomic mass is 9.89. The number of nitrogens with one attached hydrogen (secondary N) is 1. The van der Waals surface area contributed by atoms with Crippen LogP contribution in [0.3, 0.4) is 0 Å². The van der Waals surface area contributed by atoms with Crippen molar-refractivity contribution in [3.05, 3.63) is 87.9 Å². The fraction of sp³-hybridized carbons (Fsp3) is 0.0625. The van der Waals surface area contributed by atoms with Crippen LogP contribution in [-0.2, 0) is 0 Å². The molecule has 1 N–H and O–H groups in total. The molecule has 0 fully saturated rings. The fourth-order valence-electron chi connectivity index (χ4n) is 2.33. The van der Waals surface area contributed by atoms with Gasteiger partial charge in [0.25, 0.3) is 0 Å². The minimum absolute atomic E-state index is 0.0337. The van der Waals surface area contributed by atoms with Gasteiger partial charge in [-0.3, -0.25) is 0 Å². The first-order valence-electron chi connectivity index (χ1n) is 6.25. The van der Waals surface area contributed by atoms with Crippen LogP contribution in [0.5, 0.6) is 0 Å². The van der Waals surface area contributed by atoms with Gasteiger partial charge < -0.3 is 4.98 Å². The molecule has 0 amide bonds. The van der Waals surface area contributed by atoms with Crippen molar-refractivity contribution in [2.24, 2.45) is 0 Å². The second-order valence-corrected chi connectivity index (χ2v) is 5.27. The van der Waals surface area contributed by atoms with Crippen LogP contribution in [-0.4, -0.2) is 9.97 Å². The van der Waals surface area contributed by atoms with Crippen molar-refractivity contribution >= 4 is 23.2 Å². The molecule has 0 aliphatic rings. The Morgan fingerprint density at radius 1 is 0.950 bits per heavy atom. The zero-order chi connectivity index (χ0) is 13.9. The molecule has 1 unspecified atom stereocenters. The number of nitrogens with zero attached hydrogens (tertiary/aromatic N) is 1. The number of halogens is 2. The number of imidazole rings is 1. The Hall–Kier alpha value is -1.77. The maximum atomic E-state index is 6.38. The monoisotopic (exact) mass is 302 g/mol. The van der Waals surface area contributed by atoms with E-state index in [0.717, 1.165) is 16.8 Å². The molecule has 0 bridgehead atoms. The predicted molar refractivity (Wildman–Crippen MR) is 82.4 cm³/mol. The Morgan fingerprint density at radius 2 is 1.75 bits per heavy atom. The molecule has 1 atom stereocenters. The van der Waals surface area contributed by atoms with Gasteiger partial charge >= 0.3 is 0 Å². The van der Waals surface area contributed by atoms with Gasteiger partial charge in [0.15, 0.2) is 0 Å². The number of hydrogen-bond donors (Lipinski definition) is 1. The van der Waals surface area contributed by atoms with E-state index >= 15 is 0 Å². The highest BCUT2D eigenvalue weighted by Crippen LogP contribution is 2.37. The summed E-state index contributed by atoms with van der Waals surface area (Å²) >= 11 is 12.5. The zero-order valence-electron chi connectivity index (χ0n) is 10.6. The van der Waals surface area contributed by atoms with Crippen LogP contribution in [0.25, 0.3) is 0 Å². The molecule has 2 nitrogen and oxygen atoms in total. The molecule has 1 heterocycles. The number of H-pyrrole nitrogens is 1. The van der Waals surface area contributed by atoms with Gasteiger partial charge in [0.1, 0.15) is 0 Å². The van der Waals surface area contributed by atoms with Crippen LogP contribution in [0.2, 0.25) is 10.0 Å². The first kappa shape index (κ1) is 13.2. The Balaban J connectivity index is 2.19. The van der Waals surface area contributed by atoms with Gasteiger partial charge in [-0.05, 0) is 17.2 Å². The first-order valence-corrected chi connectivity index (χ1v) is 7.00. The standard InChI is InChI=1S/C16H12Cl2N2/c17-13-8-4-7-12(16(13)18)15(14-9-19-10-20-14)11-5-2-1-3-6-11/h1-10,15H,(H,19,20). The average Bonchev–Trinajstić information content (AvgIpc) is 2.99. The zero-order valence-corrected chi connectivity index (χ0v) is 12.1. The number of hydrogen-bond acceptors (Lipinski definition) is 1. The fourth-order valence-corrected chi connectivity index (χ4v) is 2.75. The lowest BCUT2D eigenvalue weighted by Crippen LogP contribution is -2.04. The molecule has 4 heteroatoms. The summed E-state index contributed by atoms with van der Waals surface area (Å²) in [6, 6.07) is 15.8. The Labute approximate surface area is 127 Å². The largest absolute Gasteiger partial charge is 0.351 e. The van der Waals surface area contributed by atoms with E-state index in [1.54, 1.807) is 12.4 Å². The molecule has 0 aliphatic carbocycles. The maximum Gasteiger partial charge on any atom is 0.0923 e. The number of aromatic amines is 1. The van der Waals surface area contributed by atoms with E-state index in [2.05, 4.69) is 22.1 Å². The molecule has 3 aromatic rings. The number of aromatic nitrogens is 2. The molecule has 2 aromatic carbocycles. The minimum Gasteiger partial charge on any atom is -0.351 e. The lowest BCUT2D eigenvalue weighted by Gasteiger charge is -2.18. The summed E-state index contributed by atoms with van der Waals surface area (Å²) < 4.78 is 0. The molecule has 0 saturated carbocycles. The highest BCUT2D eigenvalue weighted by Gasteiger charge is 2.21. The van der Waals surface area contributed by atoms with Gasteiger partial charge in [-0.15, -0.1) is 0 Å².